The van der Waals surface area contributed by atoms with Gasteiger partial charge in [-0.15, -0.1) is 0 Å². The van der Waals surface area contributed by atoms with Gasteiger partial charge in [0.15, 0.2) is 0 Å². The van der Waals surface area contributed by atoms with Crippen molar-refractivity contribution in [1.82, 2.24) is 0 Å². The quantitative estimate of drug-likeness (QED) is 0.470. The molecule has 1 fully saturated rings. The molecule has 1 aliphatic rings. The molecule has 0 unspecified atom stereocenters. The van der Waals surface area contributed by atoms with Crippen LogP contribution in [0.25, 0.3) is 0 Å². The van der Waals surface area contributed by atoms with Crippen LogP contribution in [0.3, 0.4) is 0 Å². The predicted molar refractivity (Wildman–Crippen MR) is 95.6 cm³/mol. The van der Waals surface area contributed by atoms with E-state index in [1.807, 2.05) is 13.8 Å². The van der Waals surface area contributed by atoms with Crippen molar-refractivity contribution in [2.24, 2.45) is 11.3 Å². The number of hydrogen-bond donors (Lipinski definition) is 0. The Bertz CT molecular complexity index is 451. The Kier molecular flexibility index (Phi) is 8.51. The fourth-order valence-electron chi connectivity index (χ4n) is 3.11. The van der Waals surface area contributed by atoms with E-state index in [1.165, 1.54) is 0 Å². The van der Waals surface area contributed by atoms with Crippen LogP contribution in [0, 0.1) is 11.3 Å². The Balaban J connectivity index is 3.23. The summed E-state index contributed by atoms with van der Waals surface area (Å²) < 4.78 is 10.8. The summed E-state index contributed by atoms with van der Waals surface area (Å²) in [5.41, 5.74) is 1.01. The highest BCUT2D eigenvalue weighted by atomic mass is 16.5. The van der Waals surface area contributed by atoms with Crippen LogP contribution in [0.1, 0.15) is 79.6 Å². The first-order valence-corrected chi connectivity index (χ1v) is 9.37. The highest BCUT2D eigenvalue weighted by molar-refractivity contribution is 6.00. The molecule has 0 amide bonds. The number of ether oxygens (including phenoxy) is 2. The van der Waals surface area contributed by atoms with Gasteiger partial charge >= 0.3 is 11.9 Å². The third kappa shape index (κ3) is 6.66. The van der Waals surface area contributed by atoms with Gasteiger partial charge in [0.2, 0.25) is 0 Å². The molecule has 1 saturated carbocycles. The summed E-state index contributed by atoms with van der Waals surface area (Å²) in [6.45, 7) is 10.9. The molecule has 1 rings (SSSR count). The van der Waals surface area contributed by atoms with Crippen molar-refractivity contribution in [3.05, 3.63) is 11.1 Å². The highest BCUT2D eigenvalue weighted by Crippen LogP contribution is 2.37. The zero-order valence-electron chi connectivity index (χ0n) is 16.1. The molecule has 0 heterocycles. The zero-order chi connectivity index (χ0) is 18.2. The smallest absolute Gasteiger partial charge is 0.334 e. The predicted octanol–water partition coefficient (Wildman–Crippen LogP) is 4.82. The Morgan fingerprint density at radius 3 is 1.88 bits per heavy atom. The second-order valence-corrected chi connectivity index (χ2v) is 7.88. The summed E-state index contributed by atoms with van der Waals surface area (Å²) in [5, 5.41) is 0. The lowest BCUT2D eigenvalue weighted by Gasteiger charge is -2.24. The molecular formula is C20H34O4. The largest absolute Gasteiger partial charge is 0.462 e. The summed E-state index contributed by atoms with van der Waals surface area (Å²) in [5.74, 6) is -0.542. The van der Waals surface area contributed by atoms with Gasteiger partial charge in [-0.1, -0.05) is 47.5 Å². The molecule has 0 aromatic carbocycles. The molecule has 0 radical (unpaired) electrons. The minimum absolute atomic E-state index is 0.102. The van der Waals surface area contributed by atoms with E-state index in [2.05, 4.69) is 20.8 Å². The number of carbonyl (C=O) groups is 2. The number of rotatable bonds is 8. The van der Waals surface area contributed by atoms with Gasteiger partial charge in [0.1, 0.15) is 0 Å². The second kappa shape index (κ2) is 9.85. The summed E-state index contributed by atoms with van der Waals surface area (Å²) in [6, 6.07) is 0. The van der Waals surface area contributed by atoms with E-state index >= 15 is 0 Å². The molecule has 0 spiro atoms. The normalized spacial score (nSPS) is 16.7. The Morgan fingerprint density at radius 1 is 0.917 bits per heavy atom. The van der Waals surface area contributed by atoms with Gasteiger partial charge in [-0.2, -0.15) is 0 Å². The van der Waals surface area contributed by atoms with Crippen molar-refractivity contribution < 1.29 is 19.1 Å². The van der Waals surface area contributed by atoms with E-state index in [1.54, 1.807) is 0 Å². The van der Waals surface area contributed by atoms with Crippen LogP contribution in [-0.2, 0) is 19.1 Å². The third-order valence-electron chi connectivity index (χ3n) is 4.14. The lowest BCUT2D eigenvalue weighted by molar-refractivity contribution is -0.143. The first-order chi connectivity index (χ1) is 11.3. The summed E-state index contributed by atoms with van der Waals surface area (Å²) in [4.78, 5) is 25.4. The van der Waals surface area contributed by atoms with Gasteiger partial charge in [0.05, 0.1) is 18.8 Å². The fourth-order valence-corrected chi connectivity index (χ4v) is 3.11. The van der Waals surface area contributed by atoms with Crippen LogP contribution < -0.4 is 0 Å². The van der Waals surface area contributed by atoms with Crippen LogP contribution in [-0.4, -0.2) is 25.2 Å². The molecule has 24 heavy (non-hydrogen) atoms. The lowest BCUT2D eigenvalue weighted by Crippen LogP contribution is -2.24. The Hall–Kier alpha value is -1.32. The van der Waals surface area contributed by atoms with Crippen molar-refractivity contribution in [1.29, 1.82) is 0 Å². The van der Waals surface area contributed by atoms with Crippen molar-refractivity contribution in [3.8, 4) is 0 Å². The summed E-state index contributed by atoms with van der Waals surface area (Å²) in [7, 11) is 0. The number of carbonyl (C=O) groups excluding carboxylic acids is 2. The molecule has 4 nitrogen and oxygen atoms in total. The van der Waals surface area contributed by atoms with E-state index in [0.29, 0.717) is 30.8 Å². The second-order valence-electron chi connectivity index (χ2n) is 7.88. The van der Waals surface area contributed by atoms with Crippen LogP contribution in [0.2, 0.25) is 0 Å². The first-order valence-electron chi connectivity index (χ1n) is 9.37. The maximum atomic E-state index is 12.7. The van der Waals surface area contributed by atoms with Gasteiger partial charge in [-0.3, -0.25) is 0 Å². The van der Waals surface area contributed by atoms with Crippen molar-refractivity contribution in [2.45, 2.75) is 79.6 Å². The van der Waals surface area contributed by atoms with Gasteiger partial charge in [0, 0.05) is 5.57 Å². The fraction of sp³-hybridized carbons (Fsp3) is 0.800. The highest BCUT2D eigenvalue weighted by Gasteiger charge is 2.33. The average Bonchev–Trinajstić information content (AvgIpc) is 3.02. The molecule has 138 valence electrons. The Labute approximate surface area is 147 Å². The summed E-state index contributed by atoms with van der Waals surface area (Å²) >= 11 is 0. The molecule has 0 atom stereocenters. The molecule has 0 aromatic heterocycles. The van der Waals surface area contributed by atoms with Crippen LogP contribution in [0.4, 0.5) is 0 Å². The minimum atomic E-state index is -0.345. The van der Waals surface area contributed by atoms with Gasteiger partial charge in [0.25, 0.3) is 0 Å². The van der Waals surface area contributed by atoms with Crippen molar-refractivity contribution >= 4 is 11.9 Å². The van der Waals surface area contributed by atoms with E-state index in [-0.39, 0.29) is 23.3 Å². The van der Waals surface area contributed by atoms with E-state index < -0.39 is 0 Å². The Morgan fingerprint density at radius 2 is 1.42 bits per heavy atom. The topological polar surface area (TPSA) is 52.6 Å². The minimum Gasteiger partial charge on any atom is -0.462 e. The molecule has 0 saturated heterocycles. The average molecular weight is 338 g/mol. The van der Waals surface area contributed by atoms with Gasteiger partial charge in [-0.05, 0) is 43.4 Å². The summed E-state index contributed by atoms with van der Waals surface area (Å²) in [6.07, 6.45) is 6.18. The lowest BCUT2D eigenvalue weighted by atomic mass is 9.82. The maximum Gasteiger partial charge on any atom is 0.334 e. The number of esters is 2. The van der Waals surface area contributed by atoms with Crippen LogP contribution in [0.5, 0.6) is 0 Å². The first kappa shape index (κ1) is 20.7. The molecule has 0 aromatic rings. The van der Waals surface area contributed by atoms with Gasteiger partial charge in [-0.25, -0.2) is 9.59 Å². The zero-order valence-corrected chi connectivity index (χ0v) is 16.1. The molecular weight excluding hydrogens is 304 g/mol. The molecule has 1 aliphatic carbocycles. The standard InChI is InChI=1S/C20H34O4/c1-6-12-23-18(21)16(14-20(3,4)5)17(15-10-8-9-11-15)19(22)24-13-7-2/h15H,6-14H2,1-5H3. The number of hydrogen-bond acceptors (Lipinski definition) is 4. The SMILES string of the molecule is CCCOC(=O)C(CC(C)(C)C)=C(C(=O)OCCC)C1CCCC1. The van der Waals surface area contributed by atoms with Crippen molar-refractivity contribution in [3.63, 3.8) is 0 Å². The molecule has 4 heteroatoms. The van der Waals surface area contributed by atoms with E-state index in [9.17, 15) is 9.59 Å². The van der Waals surface area contributed by atoms with Crippen LogP contribution in [0.15, 0.2) is 11.1 Å². The maximum absolute atomic E-state index is 12.7. The molecule has 0 aliphatic heterocycles. The van der Waals surface area contributed by atoms with Crippen LogP contribution >= 0.6 is 0 Å². The monoisotopic (exact) mass is 338 g/mol. The van der Waals surface area contributed by atoms with E-state index in [4.69, 9.17) is 9.47 Å². The van der Waals surface area contributed by atoms with Gasteiger partial charge < -0.3 is 9.47 Å². The molecule has 0 N–H and O–H groups in total. The molecule has 0 bridgehead atoms. The van der Waals surface area contributed by atoms with E-state index in [0.717, 1.165) is 38.5 Å². The van der Waals surface area contributed by atoms with Crippen molar-refractivity contribution in [2.75, 3.05) is 13.2 Å². The third-order valence-corrected chi connectivity index (χ3v) is 4.14.